The van der Waals surface area contributed by atoms with Gasteiger partial charge in [0.15, 0.2) is 0 Å². The number of amides is 1. The van der Waals surface area contributed by atoms with Crippen molar-refractivity contribution in [3.63, 3.8) is 0 Å². The van der Waals surface area contributed by atoms with E-state index in [4.69, 9.17) is 27.9 Å². The summed E-state index contributed by atoms with van der Waals surface area (Å²) in [4.78, 5) is 23.7. The summed E-state index contributed by atoms with van der Waals surface area (Å²) in [5.74, 6) is -0.624. The summed E-state index contributed by atoms with van der Waals surface area (Å²) in [6.45, 7) is 0. The molecule has 1 amide bonds. The predicted octanol–water partition coefficient (Wildman–Crippen LogP) is 5.74. The lowest BCUT2D eigenvalue weighted by Gasteiger charge is -2.10. The Bertz CT molecular complexity index is 1000. The van der Waals surface area contributed by atoms with Crippen LogP contribution in [0.25, 0.3) is 0 Å². The smallest absolute Gasteiger partial charge is 0.337 e. The fraction of sp³-hybridized carbons (Fsp3) is 0. The minimum atomic E-state index is -1.18. The van der Waals surface area contributed by atoms with Crippen LogP contribution in [-0.4, -0.2) is 17.0 Å². The molecule has 0 heterocycles. The molecule has 0 saturated heterocycles. The monoisotopic (exact) mass is 401 g/mol. The summed E-state index contributed by atoms with van der Waals surface area (Å²) < 4.78 is 5.67. The molecule has 0 spiro atoms. The highest BCUT2D eigenvalue weighted by molar-refractivity contribution is 6.32. The number of anilines is 1. The van der Waals surface area contributed by atoms with Crippen LogP contribution in [0.4, 0.5) is 5.69 Å². The third-order valence-corrected chi connectivity index (χ3v) is 4.19. The second-order valence-corrected chi connectivity index (χ2v) is 6.35. The van der Waals surface area contributed by atoms with E-state index in [9.17, 15) is 14.7 Å². The van der Waals surface area contributed by atoms with Crippen LogP contribution in [0.1, 0.15) is 20.7 Å². The standard InChI is InChI=1S/C20H13Cl2NO4/c21-13-7-10-17(15(11-13)20(25)26)23-19(24)12-5-8-14(9-6-12)27-18-4-2-1-3-16(18)22/h1-11H,(H,23,24)(H,25,26). The van der Waals surface area contributed by atoms with Gasteiger partial charge in [-0.1, -0.05) is 35.3 Å². The van der Waals surface area contributed by atoms with Crippen LogP contribution in [0.5, 0.6) is 11.5 Å². The molecule has 0 aromatic heterocycles. The van der Waals surface area contributed by atoms with Crippen LogP contribution in [0.3, 0.4) is 0 Å². The van der Waals surface area contributed by atoms with Crippen LogP contribution < -0.4 is 10.1 Å². The van der Waals surface area contributed by atoms with E-state index in [1.807, 2.05) is 0 Å². The second kappa shape index (κ2) is 8.12. The Morgan fingerprint density at radius 1 is 0.926 bits per heavy atom. The van der Waals surface area contributed by atoms with Gasteiger partial charge in [-0.3, -0.25) is 4.79 Å². The van der Waals surface area contributed by atoms with Crippen molar-refractivity contribution >= 4 is 40.8 Å². The van der Waals surface area contributed by atoms with Crippen molar-refractivity contribution in [2.45, 2.75) is 0 Å². The zero-order valence-corrected chi connectivity index (χ0v) is 15.3. The summed E-state index contributed by atoms with van der Waals surface area (Å²) in [5, 5.41) is 12.6. The lowest BCUT2D eigenvalue weighted by molar-refractivity contribution is 0.0698. The molecular weight excluding hydrogens is 389 g/mol. The van der Waals surface area contributed by atoms with E-state index in [0.717, 1.165) is 0 Å². The molecule has 2 N–H and O–H groups in total. The van der Waals surface area contributed by atoms with Crippen molar-refractivity contribution in [3.05, 3.63) is 87.9 Å². The Morgan fingerprint density at radius 3 is 2.30 bits per heavy atom. The van der Waals surface area contributed by atoms with Gasteiger partial charge in [0.2, 0.25) is 0 Å². The number of carboxylic acid groups (broad SMARTS) is 1. The first-order valence-corrected chi connectivity index (χ1v) is 8.56. The minimum absolute atomic E-state index is 0.0884. The van der Waals surface area contributed by atoms with Gasteiger partial charge in [0.1, 0.15) is 11.5 Å². The van der Waals surface area contributed by atoms with E-state index in [1.54, 1.807) is 48.5 Å². The van der Waals surface area contributed by atoms with Gasteiger partial charge in [0, 0.05) is 10.6 Å². The number of carbonyl (C=O) groups is 2. The Balaban J connectivity index is 1.75. The molecule has 3 aromatic carbocycles. The summed E-state index contributed by atoms with van der Waals surface area (Å²) in [6.07, 6.45) is 0. The fourth-order valence-electron chi connectivity index (χ4n) is 2.33. The molecule has 0 saturated carbocycles. The largest absolute Gasteiger partial charge is 0.478 e. The molecule has 136 valence electrons. The molecular formula is C20H13Cl2NO4. The Morgan fingerprint density at radius 2 is 1.63 bits per heavy atom. The lowest BCUT2D eigenvalue weighted by atomic mass is 10.1. The number of carbonyl (C=O) groups excluding carboxylic acids is 1. The number of para-hydroxylation sites is 1. The molecule has 0 atom stereocenters. The topological polar surface area (TPSA) is 75.6 Å². The van der Waals surface area contributed by atoms with Gasteiger partial charge in [-0.15, -0.1) is 0 Å². The zero-order valence-electron chi connectivity index (χ0n) is 13.8. The summed E-state index contributed by atoms with van der Waals surface area (Å²) in [6, 6.07) is 17.6. The maximum absolute atomic E-state index is 12.4. The minimum Gasteiger partial charge on any atom is -0.478 e. The van der Waals surface area contributed by atoms with Crippen molar-refractivity contribution in [2.24, 2.45) is 0 Å². The molecule has 5 nitrogen and oxygen atoms in total. The van der Waals surface area contributed by atoms with Gasteiger partial charge in [-0.05, 0) is 54.6 Å². The molecule has 0 unspecified atom stereocenters. The summed E-state index contributed by atoms with van der Waals surface area (Å²) in [7, 11) is 0. The van der Waals surface area contributed by atoms with Gasteiger partial charge in [-0.2, -0.15) is 0 Å². The number of rotatable bonds is 5. The van der Waals surface area contributed by atoms with Crippen molar-refractivity contribution < 1.29 is 19.4 Å². The Labute approximate surface area is 165 Å². The average molecular weight is 402 g/mol. The van der Waals surface area contributed by atoms with E-state index in [1.165, 1.54) is 18.2 Å². The van der Waals surface area contributed by atoms with Gasteiger partial charge >= 0.3 is 5.97 Å². The Kier molecular flexibility index (Phi) is 5.64. The van der Waals surface area contributed by atoms with Crippen LogP contribution in [-0.2, 0) is 0 Å². The highest BCUT2D eigenvalue weighted by Crippen LogP contribution is 2.29. The molecule has 7 heteroatoms. The van der Waals surface area contributed by atoms with E-state index < -0.39 is 11.9 Å². The zero-order chi connectivity index (χ0) is 19.4. The molecule has 0 aliphatic heterocycles. The quantitative estimate of drug-likeness (QED) is 0.571. The van der Waals surface area contributed by atoms with E-state index >= 15 is 0 Å². The molecule has 27 heavy (non-hydrogen) atoms. The number of hydrogen-bond donors (Lipinski definition) is 2. The van der Waals surface area contributed by atoms with Crippen molar-refractivity contribution in [3.8, 4) is 11.5 Å². The first-order chi connectivity index (χ1) is 12.9. The highest BCUT2D eigenvalue weighted by Gasteiger charge is 2.14. The third kappa shape index (κ3) is 4.58. The van der Waals surface area contributed by atoms with Crippen LogP contribution in [0.2, 0.25) is 10.0 Å². The maximum Gasteiger partial charge on any atom is 0.337 e. The number of ether oxygens (including phenoxy) is 1. The second-order valence-electron chi connectivity index (χ2n) is 5.51. The van der Waals surface area contributed by atoms with E-state index in [-0.39, 0.29) is 16.3 Å². The molecule has 0 aliphatic carbocycles. The fourth-order valence-corrected chi connectivity index (χ4v) is 2.67. The van der Waals surface area contributed by atoms with Crippen LogP contribution >= 0.6 is 23.2 Å². The number of benzene rings is 3. The summed E-state index contributed by atoms with van der Waals surface area (Å²) >= 11 is 11.9. The number of carboxylic acids is 1. The number of nitrogens with one attached hydrogen (secondary N) is 1. The normalized spacial score (nSPS) is 10.3. The first kappa shape index (κ1) is 18.8. The average Bonchev–Trinajstić information content (AvgIpc) is 2.65. The van der Waals surface area contributed by atoms with Crippen molar-refractivity contribution in [2.75, 3.05) is 5.32 Å². The molecule has 0 fully saturated rings. The van der Waals surface area contributed by atoms with Gasteiger partial charge < -0.3 is 15.2 Å². The van der Waals surface area contributed by atoms with Crippen LogP contribution in [0.15, 0.2) is 66.7 Å². The van der Waals surface area contributed by atoms with Gasteiger partial charge in [-0.25, -0.2) is 4.79 Å². The van der Waals surface area contributed by atoms with Crippen molar-refractivity contribution in [1.82, 2.24) is 0 Å². The van der Waals surface area contributed by atoms with E-state index in [0.29, 0.717) is 22.1 Å². The summed E-state index contributed by atoms with van der Waals surface area (Å²) in [5.41, 5.74) is 0.413. The van der Waals surface area contributed by atoms with Crippen LogP contribution in [0, 0.1) is 0 Å². The highest BCUT2D eigenvalue weighted by atomic mass is 35.5. The third-order valence-electron chi connectivity index (χ3n) is 3.64. The lowest BCUT2D eigenvalue weighted by Crippen LogP contribution is -2.14. The first-order valence-electron chi connectivity index (χ1n) is 7.80. The number of aromatic carboxylic acids is 1. The molecule has 3 rings (SSSR count). The maximum atomic E-state index is 12.4. The predicted molar refractivity (Wildman–Crippen MR) is 104 cm³/mol. The molecule has 0 aliphatic rings. The number of halogens is 2. The molecule has 0 bridgehead atoms. The van der Waals surface area contributed by atoms with Gasteiger partial charge in [0.25, 0.3) is 5.91 Å². The van der Waals surface area contributed by atoms with Crippen molar-refractivity contribution in [1.29, 1.82) is 0 Å². The SMILES string of the molecule is O=C(Nc1ccc(Cl)cc1C(=O)O)c1ccc(Oc2ccccc2Cl)cc1. The molecule has 3 aromatic rings. The van der Waals surface area contributed by atoms with Gasteiger partial charge in [0.05, 0.1) is 16.3 Å². The molecule has 0 radical (unpaired) electrons. The Hall–Kier alpha value is -3.02. The van der Waals surface area contributed by atoms with E-state index in [2.05, 4.69) is 5.32 Å². The number of hydrogen-bond acceptors (Lipinski definition) is 3.